The van der Waals surface area contributed by atoms with Crippen LogP contribution in [0.5, 0.6) is 0 Å². The summed E-state index contributed by atoms with van der Waals surface area (Å²) in [6.07, 6.45) is -0.0283. The molecule has 0 heterocycles. The lowest BCUT2D eigenvalue weighted by atomic mass is 10.0. The zero-order valence-corrected chi connectivity index (χ0v) is 13.0. The Morgan fingerprint density at radius 2 is 2.21 bits per heavy atom. The maximum Gasteiger partial charge on any atom is 0.0914 e. The molecule has 1 aromatic rings. The van der Waals surface area contributed by atoms with Crippen molar-refractivity contribution in [2.75, 3.05) is 26.8 Å². The highest BCUT2D eigenvalue weighted by Crippen LogP contribution is 2.17. The van der Waals surface area contributed by atoms with Crippen molar-refractivity contribution in [2.45, 2.75) is 25.0 Å². The Hall–Kier alpha value is -0.460. The van der Waals surface area contributed by atoms with Crippen LogP contribution in [0.2, 0.25) is 0 Å². The highest BCUT2D eigenvalue weighted by atomic mass is 79.9. The van der Waals surface area contributed by atoms with Gasteiger partial charge in [0.25, 0.3) is 0 Å². The maximum atomic E-state index is 10.0. The predicted molar refractivity (Wildman–Crippen MR) is 79.1 cm³/mol. The Morgan fingerprint density at radius 1 is 1.47 bits per heavy atom. The van der Waals surface area contributed by atoms with E-state index < -0.39 is 11.7 Å². The number of hydrogen-bond acceptors (Lipinski definition) is 4. The van der Waals surface area contributed by atoms with Crippen LogP contribution in [0.1, 0.15) is 25.0 Å². The Labute approximate surface area is 122 Å². The van der Waals surface area contributed by atoms with E-state index in [1.165, 1.54) is 0 Å². The summed E-state index contributed by atoms with van der Waals surface area (Å²) in [5, 5.41) is 23.2. The first kappa shape index (κ1) is 16.6. The molecule has 2 atom stereocenters. The van der Waals surface area contributed by atoms with E-state index in [1.54, 1.807) is 14.0 Å². The van der Waals surface area contributed by atoms with Gasteiger partial charge in [0, 0.05) is 37.7 Å². The molecule has 108 valence electrons. The zero-order valence-electron chi connectivity index (χ0n) is 11.4. The molecule has 2 unspecified atom stereocenters. The molecule has 5 heteroatoms. The molecular formula is C14H22BrNO3. The van der Waals surface area contributed by atoms with Crippen LogP contribution in [0.15, 0.2) is 28.7 Å². The molecule has 1 aromatic carbocycles. The molecule has 1 rings (SSSR count). The first-order chi connectivity index (χ1) is 8.94. The van der Waals surface area contributed by atoms with Crippen LogP contribution < -0.4 is 5.32 Å². The number of nitrogens with one attached hydrogen (secondary N) is 1. The summed E-state index contributed by atoms with van der Waals surface area (Å²) in [5.74, 6) is 0. The Balaban J connectivity index is 2.36. The van der Waals surface area contributed by atoms with Crippen LogP contribution in [0.3, 0.4) is 0 Å². The van der Waals surface area contributed by atoms with E-state index in [4.69, 9.17) is 4.74 Å². The van der Waals surface area contributed by atoms with Crippen LogP contribution in [-0.2, 0) is 4.74 Å². The fourth-order valence-electron chi connectivity index (χ4n) is 1.72. The van der Waals surface area contributed by atoms with E-state index >= 15 is 0 Å². The van der Waals surface area contributed by atoms with Crippen molar-refractivity contribution in [3.05, 3.63) is 34.3 Å². The molecule has 0 aliphatic rings. The number of aliphatic hydroxyl groups is 2. The second-order valence-corrected chi connectivity index (χ2v) is 5.86. The van der Waals surface area contributed by atoms with Crippen LogP contribution in [-0.4, -0.2) is 42.6 Å². The smallest absolute Gasteiger partial charge is 0.0914 e. The maximum absolute atomic E-state index is 10.0. The molecule has 0 fully saturated rings. The van der Waals surface area contributed by atoms with Gasteiger partial charge in [-0.25, -0.2) is 0 Å². The van der Waals surface area contributed by atoms with E-state index in [2.05, 4.69) is 21.2 Å². The van der Waals surface area contributed by atoms with E-state index in [-0.39, 0.29) is 0 Å². The highest BCUT2D eigenvalue weighted by molar-refractivity contribution is 9.10. The van der Waals surface area contributed by atoms with Crippen LogP contribution in [0, 0.1) is 0 Å². The molecule has 0 aromatic heterocycles. The highest BCUT2D eigenvalue weighted by Gasteiger charge is 2.20. The lowest BCUT2D eigenvalue weighted by Gasteiger charge is -2.24. The van der Waals surface area contributed by atoms with Gasteiger partial charge in [-0.3, -0.25) is 0 Å². The first-order valence-corrected chi connectivity index (χ1v) is 7.09. The molecule has 0 radical (unpaired) electrons. The number of halogens is 1. The lowest BCUT2D eigenvalue weighted by Crippen LogP contribution is -2.40. The second kappa shape index (κ2) is 7.97. The molecule has 0 aliphatic carbocycles. The Kier molecular flexibility index (Phi) is 6.96. The van der Waals surface area contributed by atoms with Gasteiger partial charge >= 0.3 is 0 Å². The zero-order chi connectivity index (χ0) is 14.3. The quantitative estimate of drug-likeness (QED) is 0.680. The minimum absolute atomic E-state index is 0.402. The third kappa shape index (κ3) is 6.49. The number of ether oxygens (including phenoxy) is 1. The van der Waals surface area contributed by atoms with E-state index in [0.29, 0.717) is 26.1 Å². The second-order valence-electron chi connectivity index (χ2n) is 4.94. The Morgan fingerprint density at radius 3 is 2.84 bits per heavy atom. The minimum Gasteiger partial charge on any atom is -0.389 e. The van der Waals surface area contributed by atoms with Crippen LogP contribution in [0.25, 0.3) is 0 Å². The number of methoxy groups -OCH3 is 1. The molecule has 0 saturated carbocycles. The fraction of sp³-hybridized carbons (Fsp3) is 0.571. The van der Waals surface area contributed by atoms with Gasteiger partial charge in [0.05, 0.1) is 11.7 Å². The fourth-order valence-corrected chi connectivity index (χ4v) is 2.14. The molecule has 0 aliphatic heterocycles. The number of aliphatic hydroxyl groups excluding tert-OH is 1. The molecule has 0 bridgehead atoms. The van der Waals surface area contributed by atoms with Crippen LogP contribution >= 0.6 is 15.9 Å². The average molecular weight is 332 g/mol. The number of hydrogen-bond donors (Lipinski definition) is 3. The average Bonchev–Trinajstić information content (AvgIpc) is 2.36. The van der Waals surface area contributed by atoms with Crippen molar-refractivity contribution in [3.63, 3.8) is 0 Å². The number of rotatable bonds is 8. The summed E-state index contributed by atoms with van der Waals surface area (Å²) in [6, 6.07) is 7.56. The molecule has 19 heavy (non-hydrogen) atoms. The van der Waals surface area contributed by atoms with E-state index in [9.17, 15) is 10.2 Å². The molecule has 4 nitrogen and oxygen atoms in total. The van der Waals surface area contributed by atoms with Gasteiger partial charge in [0.15, 0.2) is 0 Å². The van der Waals surface area contributed by atoms with Crippen molar-refractivity contribution in [2.24, 2.45) is 0 Å². The van der Waals surface area contributed by atoms with Gasteiger partial charge in [0.1, 0.15) is 0 Å². The van der Waals surface area contributed by atoms with Gasteiger partial charge < -0.3 is 20.3 Å². The standard InChI is InChI=1S/C14H22BrNO3/c1-14(18,6-7-19-2)10-16-9-13(17)11-4-3-5-12(15)8-11/h3-5,8,13,16-18H,6-7,9-10H2,1-2H3. The van der Waals surface area contributed by atoms with Crippen molar-refractivity contribution >= 4 is 15.9 Å². The largest absolute Gasteiger partial charge is 0.389 e. The van der Waals surface area contributed by atoms with Gasteiger partial charge in [-0.05, 0) is 24.6 Å². The van der Waals surface area contributed by atoms with Gasteiger partial charge in [-0.2, -0.15) is 0 Å². The number of benzene rings is 1. The Bertz CT molecular complexity index is 385. The third-order valence-electron chi connectivity index (χ3n) is 2.92. The summed E-state index contributed by atoms with van der Waals surface area (Å²) in [7, 11) is 1.61. The summed E-state index contributed by atoms with van der Waals surface area (Å²) in [5.41, 5.74) is 0.0194. The van der Waals surface area contributed by atoms with Crippen molar-refractivity contribution < 1.29 is 14.9 Å². The van der Waals surface area contributed by atoms with Crippen LogP contribution in [0.4, 0.5) is 0 Å². The summed E-state index contributed by atoms with van der Waals surface area (Å²) in [6.45, 7) is 3.09. The third-order valence-corrected chi connectivity index (χ3v) is 3.41. The van der Waals surface area contributed by atoms with Gasteiger partial charge in [-0.15, -0.1) is 0 Å². The predicted octanol–water partition coefficient (Wildman–Crippen LogP) is 1.86. The van der Waals surface area contributed by atoms with E-state index in [0.717, 1.165) is 10.0 Å². The summed E-state index contributed by atoms with van der Waals surface area (Å²) < 4.78 is 5.89. The molecule has 0 amide bonds. The lowest BCUT2D eigenvalue weighted by molar-refractivity contribution is 0.0225. The van der Waals surface area contributed by atoms with Crippen molar-refractivity contribution in [1.29, 1.82) is 0 Å². The van der Waals surface area contributed by atoms with Gasteiger partial charge in [0.2, 0.25) is 0 Å². The summed E-state index contributed by atoms with van der Waals surface area (Å²) >= 11 is 3.37. The van der Waals surface area contributed by atoms with Crippen molar-refractivity contribution in [3.8, 4) is 0 Å². The van der Waals surface area contributed by atoms with Crippen molar-refractivity contribution in [1.82, 2.24) is 5.32 Å². The van der Waals surface area contributed by atoms with E-state index in [1.807, 2.05) is 24.3 Å². The normalized spacial score (nSPS) is 16.1. The molecular weight excluding hydrogens is 310 g/mol. The minimum atomic E-state index is -0.826. The topological polar surface area (TPSA) is 61.7 Å². The van der Waals surface area contributed by atoms with Gasteiger partial charge in [-0.1, -0.05) is 28.1 Å². The molecule has 0 spiro atoms. The first-order valence-electron chi connectivity index (χ1n) is 6.30. The summed E-state index contributed by atoms with van der Waals surface area (Å²) in [4.78, 5) is 0. The SMILES string of the molecule is COCCC(C)(O)CNCC(O)c1cccc(Br)c1. The molecule has 3 N–H and O–H groups in total. The molecule has 0 saturated heterocycles. The monoisotopic (exact) mass is 331 g/mol.